The van der Waals surface area contributed by atoms with E-state index in [1.807, 2.05) is 0 Å². The maximum Gasteiger partial charge on any atom is 0.246 e. The summed E-state index contributed by atoms with van der Waals surface area (Å²) in [4.78, 5) is 153. The highest BCUT2D eigenvalue weighted by Crippen LogP contribution is 2.26. The zero-order valence-electron chi connectivity index (χ0n) is 39.3. The lowest BCUT2D eigenvalue weighted by molar-refractivity contribution is -0.142. The van der Waals surface area contributed by atoms with Gasteiger partial charge in [0.2, 0.25) is 65.0 Å². The number of primary amides is 3. The Morgan fingerprint density at radius 1 is 0.750 bits per heavy atom. The summed E-state index contributed by atoms with van der Waals surface area (Å²) in [5.74, 6) is -9.35. The fourth-order valence-electron chi connectivity index (χ4n) is 7.54. The number of thiophene rings is 1. The van der Waals surface area contributed by atoms with E-state index in [2.05, 4.69) is 42.2 Å². The number of benzene rings is 1. The van der Waals surface area contributed by atoms with Crippen molar-refractivity contribution in [3.63, 3.8) is 0 Å². The third kappa shape index (κ3) is 19.7. The minimum atomic E-state index is -1.75. The van der Waals surface area contributed by atoms with Crippen LogP contribution < -0.4 is 65.9 Å². The summed E-state index contributed by atoms with van der Waals surface area (Å²) < 4.78 is 0. The van der Waals surface area contributed by atoms with E-state index < -0.39 is 133 Å². The monoisotopic (exact) mass is 1060 g/mol. The molecular weight excluding hydrogens is 997 g/mol. The summed E-state index contributed by atoms with van der Waals surface area (Å²) in [5.41, 5.74) is 27.6. The molecule has 0 radical (unpaired) electrons. The Hall–Kier alpha value is -6.94. The van der Waals surface area contributed by atoms with Crippen molar-refractivity contribution in [1.82, 2.24) is 42.1 Å². The summed E-state index contributed by atoms with van der Waals surface area (Å²) in [6.07, 6.45) is -0.984. The van der Waals surface area contributed by atoms with E-state index >= 15 is 0 Å². The third-order valence-corrected chi connectivity index (χ3v) is 14.4. The number of nitrogens with one attached hydrogen (secondary N) is 7. The summed E-state index contributed by atoms with van der Waals surface area (Å²) in [6.45, 7) is -0.369. The molecule has 7 atom stereocenters. The van der Waals surface area contributed by atoms with E-state index in [1.54, 1.807) is 47.8 Å². The fraction of sp³-hybridized carbons (Fsp3) is 0.500. The highest BCUT2D eigenvalue weighted by Gasteiger charge is 2.40. The molecule has 11 amide bonds. The third-order valence-electron chi connectivity index (χ3n) is 11.1. The predicted octanol–water partition coefficient (Wildman–Crippen LogP) is -3.99. The number of likely N-dealkylation sites (tertiary alicyclic amines) is 1. The van der Waals surface area contributed by atoms with Crippen LogP contribution in [-0.4, -0.2) is 149 Å². The molecular formula is C44H62N14O11S3. The molecule has 2 aliphatic heterocycles. The molecule has 3 heterocycles. The van der Waals surface area contributed by atoms with Crippen LogP contribution in [0.4, 0.5) is 0 Å². The second kappa shape index (κ2) is 29.4. The smallest absolute Gasteiger partial charge is 0.246 e. The van der Waals surface area contributed by atoms with Gasteiger partial charge < -0.3 is 70.8 Å². The van der Waals surface area contributed by atoms with Crippen LogP contribution in [0.1, 0.15) is 61.8 Å². The first-order chi connectivity index (χ1) is 34.3. The normalized spacial score (nSPS) is 22.1. The molecule has 2 saturated heterocycles. The van der Waals surface area contributed by atoms with Crippen LogP contribution in [0, 0.1) is 0 Å². The first-order valence-electron chi connectivity index (χ1n) is 22.9. The zero-order chi connectivity index (χ0) is 52.7. The second-order valence-corrected chi connectivity index (χ2v) is 20.4. The molecule has 1 aromatic carbocycles. The van der Waals surface area contributed by atoms with Crippen LogP contribution >= 0.6 is 32.9 Å². The van der Waals surface area contributed by atoms with E-state index in [9.17, 15) is 52.7 Å². The van der Waals surface area contributed by atoms with Crippen molar-refractivity contribution in [2.24, 2.45) is 33.7 Å². The summed E-state index contributed by atoms with van der Waals surface area (Å²) in [6, 6.07) is 2.55. The maximum atomic E-state index is 14.5. The molecule has 72 heavy (non-hydrogen) atoms. The largest absolute Gasteiger partial charge is 0.370 e. The molecule has 1 aromatic heterocycles. The average molecular weight is 1060 g/mol. The quantitative estimate of drug-likeness (QED) is 0.0276. The predicted molar refractivity (Wildman–Crippen MR) is 268 cm³/mol. The Kier molecular flexibility index (Phi) is 23.5. The van der Waals surface area contributed by atoms with Gasteiger partial charge >= 0.3 is 0 Å². The van der Waals surface area contributed by atoms with Crippen molar-refractivity contribution in [3.8, 4) is 0 Å². The molecule has 2 aromatic rings. The van der Waals surface area contributed by atoms with Gasteiger partial charge in [-0.1, -0.05) is 58.0 Å². The Morgan fingerprint density at radius 3 is 2.07 bits per heavy atom. The zero-order valence-corrected chi connectivity index (χ0v) is 41.7. The summed E-state index contributed by atoms with van der Waals surface area (Å²) in [7, 11) is 2.24. The van der Waals surface area contributed by atoms with E-state index in [0.29, 0.717) is 12.0 Å². The Labute approximate surface area is 426 Å². The van der Waals surface area contributed by atoms with Crippen molar-refractivity contribution < 1.29 is 52.7 Å². The molecule has 0 spiro atoms. The van der Waals surface area contributed by atoms with Crippen LogP contribution in [0.2, 0.25) is 0 Å². The van der Waals surface area contributed by atoms with Crippen molar-refractivity contribution in [2.75, 3.05) is 31.1 Å². The Morgan fingerprint density at radius 2 is 1.42 bits per heavy atom. The SMILES string of the molecule is NC(=O)CC[C@@H]1NC(=O)[C@H](Cc2ccccc2)NC(=O)[C@H](Cc2cccs2)NC(=O)CCSSC[C@@H](C(=O)N2CCC[C@H]2C(=O)N[C@@H](CCCN=C(N)N)C(=O)NCC(N)=O)NC(=O)[C@H](CC(N)=O)NC1=O. The molecule has 25 nitrogen and oxygen atoms in total. The van der Waals surface area contributed by atoms with Crippen molar-refractivity contribution in [3.05, 3.63) is 58.3 Å². The van der Waals surface area contributed by atoms with Crippen LogP contribution in [0.15, 0.2) is 52.8 Å². The molecule has 2 fully saturated rings. The number of nitrogens with zero attached hydrogens (tertiary/aromatic N) is 2. The van der Waals surface area contributed by atoms with Gasteiger partial charge in [0.05, 0.1) is 13.0 Å². The summed E-state index contributed by atoms with van der Waals surface area (Å²) in [5, 5.41) is 19.8. The van der Waals surface area contributed by atoms with Gasteiger partial charge in [-0.25, -0.2) is 0 Å². The van der Waals surface area contributed by atoms with Crippen LogP contribution in [-0.2, 0) is 65.6 Å². The number of amides is 11. The van der Waals surface area contributed by atoms with Crippen molar-refractivity contribution in [1.29, 1.82) is 0 Å². The lowest BCUT2D eigenvalue weighted by Gasteiger charge is -2.31. The van der Waals surface area contributed by atoms with E-state index in [-0.39, 0.29) is 69.1 Å². The van der Waals surface area contributed by atoms with Gasteiger partial charge in [0.15, 0.2) is 5.96 Å². The Bertz CT molecular complexity index is 2290. The van der Waals surface area contributed by atoms with E-state index in [0.717, 1.165) is 26.5 Å². The number of rotatable bonds is 19. The lowest BCUT2D eigenvalue weighted by Crippen LogP contribution is -2.61. The molecule has 0 bridgehead atoms. The fourth-order valence-corrected chi connectivity index (χ4v) is 10.4. The van der Waals surface area contributed by atoms with Gasteiger partial charge in [-0.3, -0.25) is 57.7 Å². The lowest BCUT2D eigenvalue weighted by atomic mass is 10.0. The van der Waals surface area contributed by atoms with Gasteiger partial charge in [0, 0.05) is 55.2 Å². The number of aliphatic imine (C=N–C) groups is 1. The molecule has 4 rings (SSSR count). The molecule has 0 unspecified atom stereocenters. The van der Waals surface area contributed by atoms with Crippen LogP contribution in [0.3, 0.4) is 0 Å². The van der Waals surface area contributed by atoms with E-state index in [1.165, 1.54) is 16.2 Å². The van der Waals surface area contributed by atoms with Gasteiger partial charge in [0.1, 0.15) is 42.3 Å². The number of carbonyl (C=O) groups is 11. The number of carbonyl (C=O) groups excluding carboxylic acids is 11. The summed E-state index contributed by atoms with van der Waals surface area (Å²) >= 11 is 1.35. The molecule has 2 aliphatic rings. The molecule has 0 aliphatic carbocycles. The van der Waals surface area contributed by atoms with Gasteiger partial charge in [-0.2, -0.15) is 0 Å². The average Bonchev–Trinajstić information content (AvgIpc) is 4.04. The highest BCUT2D eigenvalue weighted by atomic mass is 33.1. The van der Waals surface area contributed by atoms with E-state index in [4.69, 9.17) is 28.7 Å². The molecule has 28 heteroatoms. The van der Waals surface area contributed by atoms with Crippen LogP contribution in [0.25, 0.3) is 0 Å². The van der Waals surface area contributed by atoms with Crippen LogP contribution in [0.5, 0.6) is 0 Å². The maximum absolute atomic E-state index is 14.5. The van der Waals surface area contributed by atoms with Crippen molar-refractivity contribution in [2.45, 2.75) is 107 Å². The number of hydrogen-bond donors (Lipinski definition) is 12. The first-order valence-corrected chi connectivity index (χ1v) is 26.3. The number of hydrogen-bond acceptors (Lipinski definition) is 15. The van der Waals surface area contributed by atoms with Crippen molar-refractivity contribution >= 4 is 104 Å². The molecule has 0 saturated carbocycles. The topological polar surface area (TPSA) is 418 Å². The Balaban J connectivity index is 1.67. The second-order valence-electron chi connectivity index (χ2n) is 16.8. The number of guanidine groups is 1. The standard InChI is InChI=1S/C44H62N14O11S3/c45-33(59)13-12-27-38(64)56-30(21-34(46)60)41(67)57-31(43(69)58-16-5-11-32(58)42(68)54-26(10-4-15-50-44(48)49)37(63)51-22-35(47)61)23-72-71-18-14-36(62)52-29(20-25-9-6-17-70-25)40(66)55-28(39(65)53-27)19-24-7-2-1-3-8-24/h1-3,6-9,17,26-32H,4-5,10-16,18-23H2,(H2,45,59)(H2,46,60)(H2,47,61)(H,51,63)(H,52,62)(H,53,65)(H,54,68)(H,55,66)(H,56,64)(H,57,67)(H4,48,49,50)/t26-,27-,28-,29-,30-,31-,32-/m0/s1. The highest BCUT2D eigenvalue weighted by molar-refractivity contribution is 8.76. The molecule has 392 valence electrons. The molecule has 17 N–H and O–H groups in total. The first kappa shape index (κ1) is 57.6. The minimum Gasteiger partial charge on any atom is -0.370 e. The van der Waals surface area contributed by atoms with Gasteiger partial charge in [-0.15, -0.1) is 11.3 Å². The van der Waals surface area contributed by atoms with Gasteiger partial charge in [-0.05, 0) is 49.1 Å². The minimum absolute atomic E-state index is 0.0230. The van der Waals surface area contributed by atoms with Gasteiger partial charge in [0.25, 0.3) is 0 Å². The number of nitrogens with two attached hydrogens (primary N) is 5.